The van der Waals surface area contributed by atoms with Crippen molar-refractivity contribution >= 4 is 23.0 Å². The summed E-state index contributed by atoms with van der Waals surface area (Å²) in [5.41, 5.74) is 10.3. The highest BCUT2D eigenvalue weighted by Gasteiger charge is 2.02. The van der Waals surface area contributed by atoms with Gasteiger partial charge in [0, 0.05) is 10.9 Å². The standard InChI is InChI=1S/C16H13N3OS/c17-16(20-14-7-2-1-3-8-14)19-13-6-4-5-12(9-13)15-10-21-11-18-15/h1-11H,(H2,17,19). The first kappa shape index (κ1) is 13.3. The van der Waals surface area contributed by atoms with E-state index >= 15 is 0 Å². The molecule has 0 saturated heterocycles. The van der Waals surface area contributed by atoms with Crippen molar-refractivity contribution in [3.8, 4) is 17.0 Å². The van der Waals surface area contributed by atoms with E-state index in [-0.39, 0.29) is 6.02 Å². The molecular formula is C16H13N3OS. The van der Waals surface area contributed by atoms with Crippen LogP contribution >= 0.6 is 11.3 Å². The number of benzene rings is 2. The quantitative estimate of drug-likeness (QED) is 0.590. The second-order valence-corrected chi connectivity index (χ2v) is 5.01. The van der Waals surface area contributed by atoms with Crippen LogP contribution in [-0.4, -0.2) is 11.0 Å². The Hall–Kier alpha value is -2.66. The molecule has 0 aliphatic rings. The van der Waals surface area contributed by atoms with Crippen molar-refractivity contribution in [2.45, 2.75) is 0 Å². The zero-order valence-electron chi connectivity index (χ0n) is 11.1. The highest BCUT2D eigenvalue weighted by Crippen LogP contribution is 2.24. The van der Waals surface area contributed by atoms with Crippen LogP contribution in [0.25, 0.3) is 11.3 Å². The van der Waals surface area contributed by atoms with E-state index in [0.717, 1.165) is 16.9 Å². The number of nitrogens with two attached hydrogens (primary N) is 1. The van der Waals surface area contributed by atoms with E-state index in [1.807, 2.05) is 60.0 Å². The summed E-state index contributed by atoms with van der Waals surface area (Å²) in [6.45, 7) is 0. The molecule has 4 nitrogen and oxygen atoms in total. The van der Waals surface area contributed by atoms with Gasteiger partial charge in [0.05, 0.1) is 16.9 Å². The smallest absolute Gasteiger partial charge is 0.292 e. The third kappa shape index (κ3) is 3.46. The fraction of sp³-hybridized carbons (Fsp3) is 0. The Labute approximate surface area is 126 Å². The summed E-state index contributed by atoms with van der Waals surface area (Å²) >= 11 is 1.56. The summed E-state index contributed by atoms with van der Waals surface area (Å²) < 4.78 is 5.46. The maximum atomic E-state index is 5.82. The highest BCUT2D eigenvalue weighted by molar-refractivity contribution is 7.07. The molecule has 0 aliphatic carbocycles. The molecule has 104 valence electrons. The Morgan fingerprint density at radius 3 is 2.71 bits per heavy atom. The molecule has 0 radical (unpaired) electrons. The maximum Gasteiger partial charge on any atom is 0.292 e. The van der Waals surface area contributed by atoms with E-state index in [1.54, 1.807) is 16.8 Å². The fourth-order valence-corrected chi connectivity index (χ4v) is 2.41. The van der Waals surface area contributed by atoms with E-state index in [9.17, 15) is 0 Å². The third-order valence-electron chi connectivity index (χ3n) is 2.78. The molecule has 1 heterocycles. The lowest BCUT2D eigenvalue weighted by molar-refractivity contribution is 0.543. The molecule has 3 rings (SSSR count). The van der Waals surface area contributed by atoms with E-state index in [4.69, 9.17) is 10.5 Å². The number of thiazole rings is 1. The summed E-state index contributed by atoms with van der Waals surface area (Å²) in [5.74, 6) is 0.661. The van der Waals surface area contributed by atoms with Crippen LogP contribution in [0.3, 0.4) is 0 Å². The van der Waals surface area contributed by atoms with Crippen LogP contribution in [0.1, 0.15) is 0 Å². The molecule has 0 atom stereocenters. The molecular weight excluding hydrogens is 282 g/mol. The summed E-state index contributed by atoms with van der Waals surface area (Å²) in [5, 5.41) is 1.99. The first-order valence-corrected chi connectivity index (χ1v) is 7.31. The molecule has 0 spiro atoms. The van der Waals surface area contributed by atoms with Crippen molar-refractivity contribution in [1.29, 1.82) is 0 Å². The second-order valence-electron chi connectivity index (χ2n) is 4.29. The van der Waals surface area contributed by atoms with E-state index in [2.05, 4.69) is 9.98 Å². The van der Waals surface area contributed by atoms with Crippen molar-refractivity contribution in [3.63, 3.8) is 0 Å². The number of aromatic nitrogens is 1. The molecule has 1 aromatic heterocycles. The van der Waals surface area contributed by atoms with Gasteiger partial charge in [0.1, 0.15) is 5.75 Å². The molecule has 0 bridgehead atoms. The minimum atomic E-state index is 0.108. The molecule has 21 heavy (non-hydrogen) atoms. The second kappa shape index (κ2) is 6.19. The van der Waals surface area contributed by atoms with E-state index in [0.29, 0.717) is 5.75 Å². The summed E-state index contributed by atoms with van der Waals surface area (Å²) in [6.07, 6.45) is 0. The van der Waals surface area contributed by atoms with Crippen molar-refractivity contribution in [2.75, 3.05) is 0 Å². The molecule has 5 heteroatoms. The number of aliphatic imine (C=N–C) groups is 1. The van der Waals surface area contributed by atoms with Crippen molar-refractivity contribution in [2.24, 2.45) is 10.7 Å². The van der Waals surface area contributed by atoms with Crippen LogP contribution in [0.15, 0.2) is 70.5 Å². The Bertz CT molecular complexity index is 739. The maximum absolute atomic E-state index is 5.82. The van der Waals surface area contributed by atoms with Crippen LogP contribution in [-0.2, 0) is 0 Å². The van der Waals surface area contributed by atoms with Gasteiger partial charge in [0.2, 0.25) is 0 Å². The van der Waals surface area contributed by atoms with Crippen molar-refractivity contribution in [1.82, 2.24) is 4.98 Å². The van der Waals surface area contributed by atoms with E-state index in [1.165, 1.54) is 0 Å². The number of para-hydroxylation sites is 1. The normalized spacial score (nSPS) is 11.3. The van der Waals surface area contributed by atoms with Crippen LogP contribution in [0, 0.1) is 0 Å². The van der Waals surface area contributed by atoms with Gasteiger partial charge in [-0.1, -0.05) is 30.3 Å². The zero-order valence-corrected chi connectivity index (χ0v) is 12.0. The van der Waals surface area contributed by atoms with Gasteiger partial charge >= 0.3 is 0 Å². The average molecular weight is 295 g/mol. The third-order valence-corrected chi connectivity index (χ3v) is 3.37. The largest absolute Gasteiger partial charge is 0.426 e. The van der Waals surface area contributed by atoms with Gasteiger partial charge in [0.15, 0.2) is 0 Å². The number of hydrogen-bond acceptors (Lipinski definition) is 4. The Balaban J connectivity index is 1.81. The van der Waals surface area contributed by atoms with Gasteiger partial charge in [-0.15, -0.1) is 11.3 Å². The topological polar surface area (TPSA) is 60.5 Å². The van der Waals surface area contributed by atoms with Crippen LogP contribution < -0.4 is 10.5 Å². The van der Waals surface area contributed by atoms with E-state index < -0.39 is 0 Å². The van der Waals surface area contributed by atoms with Crippen molar-refractivity contribution < 1.29 is 4.74 Å². The Morgan fingerprint density at radius 2 is 1.95 bits per heavy atom. The predicted octanol–water partition coefficient (Wildman–Crippen LogP) is 3.84. The lowest BCUT2D eigenvalue weighted by atomic mass is 10.1. The minimum absolute atomic E-state index is 0.108. The Kier molecular flexibility index (Phi) is 3.93. The van der Waals surface area contributed by atoms with Crippen molar-refractivity contribution in [3.05, 3.63) is 65.5 Å². The van der Waals surface area contributed by atoms with Crippen LogP contribution in [0.2, 0.25) is 0 Å². The minimum Gasteiger partial charge on any atom is -0.426 e. The van der Waals surface area contributed by atoms with Gasteiger partial charge in [-0.3, -0.25) is 0 Å². The molecule has 0 aliphatic heterocycles. The molecule has 2 N–H and O–H groups in total. The highest BCUT2D eigenvalue weighted by atomic mass is 32.1. The Morgan fingerprint density at radius 1 is 1.10 bits per heavy atom. The summed E-state index contributed by atoms with van der Waals surface area (Å²) in [7, 11) is 0. The summed E-state index contributed by atoms with van der Waals surface area (Å²) in [4.78, 5) is 8.55. The molecule has 3 aromatic rings. The lowest BCUT2D eigenvalue weighted by Gasteiger charge is -2.04. The van der Waals surface area contributed by atoms with Gasteiger partial charge in [-0.05, 0) is 24.3 Å². The van der Waals surface area contributed by atoms with Crippen LogP contribution in [0.4, 0.5) is 5.69 Å². The first-order valence-electron chi connectivity index (χ1n) is 6.37. The number of amidine groups is 1. The molecule has 0 saturated carbocycles. The number of hydrogen-bond donors (Lipinski definition) is 1. The lowest BCUT2D eigenvalue weighted by Crippen LogP contribution is -2.18. The summed E-state index contributed by atoms with van der Waals surface area (Å²) in [6, 6.07) is 17.1. The molecule has 2 aromatic carbocycles. The predicted molar refractivity (Wildman–Crippen MR) is 85.9 cm³/mol. The average Bonchev–Trinajstić information content (AvgIpc) is 3.02. The molecule has 0 unspecified atom stereocenters. The fourth-order valence-electron chi connectivity index (χ4n) is 1.85. The monoisotopic (exact) mass is 295 g/mol. The van der Waals surface area contributed by atoms with Crippen LogP contribution in [0.5, 0.6) is 5.75 Å². The zero-order chi connectivity index (χ0) is 14.5. The number of ether oxygens (including phenoxy) is 1. The molecule has 0 amide bonds. The number of nitrogens with zero attached hydrogens (tertiary/aromatic N) is 2. The van der Waals surface area contributed by atoms with Gasteiger partial charge in [-0.2, -0.15) is 4.99 Å². The van der Waals surface area contributed by atoms with Gasteiger partial charge < -0.3 is 10.5 Å². The first-order chi connectivity index (χ1) is 10.3. The van der Waals surface area contributed by atoms with Gasteiger partial charge in [0.25, 0.3) is 6.02 Å². The molecule has 0 fully saturated rings. The number of rotatable bonds is 3. The SMILES string of the molecule is NC(=Nc1cccc(-c2cscn2)c1)Oc1ccccc1. The van der Waals surface area contributed by atoms with Gasteiger partial charge in [-0.25, -0.2) is 4.98 Å².